The van der Waals surface area contributed by atoms with E-state index in [0.717, 1.165) is 0 Å². The summed E-state index contributed by atoms with van der Waals surface area (Å²) in [7, 11) is 2.26. The Kier molecular flexibility index (Phi) is 5.31. The van der Waals surface area contributed by atoms with Crippen LogP contribution in [0.25, 0.3) is 0 Å². The molecule has 0 spiro atoms. The lowest BCUT2D eigenvalue weighted by molar-refractivity contribution is 0.787. The van der Waals surface area contributed by atoms with Gasteiger partial charge >= 0.3 is 0 Å². The molecule has 0 aliphatic carbocycles. The molecule has 0 saturated heterocycles. The Morgan fingerprint density at radius 3 is 2.17 bits per heavy atom. The molecule has 1 aromatic carbocycles. The van der Waals surface area contributed by atoms with Crippen molar-refractivity contribution < 1.29 is 0 Å². The Balaban J connectivity index is 3.33. The summed E-state index contributed by atoms with van der Waals surface area (Å²) in [6.45, 7) is 13.5. The van der Waals surface area contributed by atoms with Crippen molar-refractivity contribution in [2.24, 2.45) is 0 Å². The molecule has 1 aromatic rings. The van der Waals surface area contributed by atoms with E-state index in [2.05, 4.69) is 54.7 Å². The standard InChI is InChI=1S/C16H28BN/c1-7-8-9-14-13(6)15(17)11(4)12(5)16(14)18-10(2)3/h10,18H,7-9,17H2,1-6H3. The van der Waals surface area contributed by atoms with Crippen molar-refractivity contribution in [3.05, 3.63) is 22.3 Å². The summed E-state index contributed by atoms with van der Waals surface area (Å²) in [4.78, 5) is 0. The van der Waals surface area contributed by atoms with Gasteiger partial charge in [-0.3, -0.25) is 0 Å². The van der Waals surface area contributed by atoms with Crippen LogP contribution in [0.1, 0.15) is 55.9 Å². The Hall–Kier alpha value is -0.915. The first-order valence-electron chi connectivity index (χ1n) is 7.25. The smallest absolute Gasteiger partial charge is 0.140 e. The third-order valence-corrected chi connectivity index (χ3v) is 4.03. The van der Waals surface area contributed by atoms with Crippen LogP contribution in [0.15, 0.2) is 0 Å². The first-order chi connectivity index (χ1) is 8.40. The topological polar surface area (TPSA) is 12.0 Å². The second kappa shape index (κ2) is 6.31. The molecule has 0 aliphatic rings. The van der Waals surface area contributed by atoms with Gasteiger partial charge in [-0.15, -0.1) is 0 Å². The molecule has 0 heterocycles. The Morgan fingerprint density at radius 1 is 1.06 bits per heavy atom. The van der Waals surface area contributed by atoms with E-state index in [4.69, 9.17) is 0 Å². The Morgan fingerprint density at radius 2 is 1.67 bits per heavy atom. The summed E-state index contributed by atoms with van der Waals surface area (Å²) >= 11 is 0. The normalized spacial score (nSPS) is 11.1. The Labute approximate surface area is 114 Å². The van der Waals surface area contributed by atoms with Gasteiger partial charge in [-0.25, -0.2) is 0 Å². The third-order valence-electron chi connectivity index (χ3n) is 4.03. The zero-order valence-corrected chi connectivity index (χ0v) is 13.2. The summed E-state index contributed by atoms with van der Waals surface area (Å²) in [6.07, 6.45) is 3.72. The predicted octanol–water partition coefficient (Wildman–Crippen LogP) is 3.03. The number of benzene rings is 1. The van der Waals surface area contributed by atoms with E-state index >= 15 is 0 Å². The minimum absolute atomic E-state index is 0.491. The van der Waals surface area contributed by atoms with E-state index in [0.29, 0.717) is 6.04 Å². The minimum atomic E-state index is 0.491. The van der Waals surface area contributed by atoms with Crippen molar-refractivity contribution in [2.45, 2.75) is 66.8 Å². The maximum atomic E-state index is 3.66. The number of rotatable bonds is 5. The SMILES string of the molecule is Bc1c(C)c(C)c(NC(C)C)c(CCCC)c1C. The highest BCUT2D eigenvalue weighted by Gasteiger charge is 2.14. The van der Waals surface area contributed by atoms with Gasteiger partial charge in [0, 0.05) is 11.7 Å². The second-order valence-electron chi connectivity index (χ2n) is 5.76. The maximum Gasteiger partial charge on any atom is 0.140 e. The minimum Gasteiger partial charge on any atom is -0.382 e. The molecule has 0 aliphatic heterocycles. The van der Waals surface area contributed by atoms with Crippen LogP contribution in [0.5, 0.6) is 0 Å². The van der Waals surface area contributed by atoms with Crippen LogP contribution >= 0.6 is 0 Å². The number of nitrogens with one attached hydrogen (secondary N) is 1. The molecule has 2 heteroatoms. The summed E-state index contributed by atoms with van der Waals surface area (Å²) in [6, 6.07) is 0.491. The van der Waals surface area contributed by atoms with Gasteiger partial charge in [-0.2, -0.15) is 0 Å². The Bertz CT molecular complexity index is 422. The summed E-state index contributed by atoms with van der Waals surface area (Å²) < 4.78 is 0. The molecule has 1 nitrogen and oxygen atoms in total. The number of hydrogen-bond donors (Lipinski definition) is 1. The van der Waals surface area contributed by atoms with Crippen LogP contribution < -0.4 is 10.8 Å². The summed E-state index contributed by atoms with van der Waals surface area (Å²) in [5, 5.41) is 3.66. The van der Waals surface area contributed by atoms with Crippen LogP contribution in [-0.2, 0) is 6.42 Å². The predicted molar refractivity (Wildman–Crippen MR) is 86.2 cm³/mol. The lowest BCUT2D eigenvalue weighted by atomic mass is 9.80. The van der Waals surface area contributed by atoms with Crippen LogP contribution in [0.3, 0.4) is 0 Å². The van der Waals surface area contributed by atoms with E-state index in [1.807, 2.05) is 0 Å². The van der Waals surface area contributed by atoms with Gasteiger partial charge in [0.15, 0.2) is 0 Å². The molecule has 0 fully saturated rings. The van der Waals surface area contributed by atoms with Gasteiger partial charge in [0.2, 0.25) is 0 Å². The molecule has 1 N–H and O–H groups in total. The molecule has 0 saturated carbocycles. The van der Waals surface area contributed by atoms with Crippen LogP contribution in [0, 0.1) is 20.8 Å². The fourth-order valence-electron chi connectivity index (χ4n) is 2.54. The van der Waals surface area contributed by atoms with Crippen LogP contribution in [-0.4, -0.2) is 13.9 Å². The maximum absolute atomic E-state index is 3.66. The number of unbranched alkanes of at least 4 members (excludes halogenated alkanes) is 1. The summed E-state index contributed by atoms with van der Waals surface area (Å²) in [5.74, 6) is 0. The third kappa shape index (κ3) is 3.10. The van der Waals surface area contributed by atoms with Crippen LogP contribution in [0.4, 0.5) is 5.69 Å². The van der Waals surface area contributed by atoms with Crippen molar-refractivity contribution in [3.8, 4) is 0 Å². The largest absolute Gasteiger partial charge is 0.382 e. The van der Waals surface area contributed by atoms with E-state index in [1.165, 1.54) is 52.7 Å². The second-order valence-corrected chi connectivity index (χ2v) is 5.76. The van der Waals surface area contributed by atoms with E-state index in [-0.39, 0.29) is 0 Å². The first-order valence-corrected chi connectivity index (χ1v) is 7.25. The highest BCUT2D eigenvalue weighted by atomic mass is 14.9. The fourth-order valence-corrected chi connectivity index (χ4v) is 2.54. The molecular formula is C16H28BN. The highest BCUT2D eigenvalue weighted by Crippen LogP contribution is 2.27. The zero-order chi connectivity index (χ0) is 13.9. The quantitative estimate of drug-likeness (QED) is 0.786. The van der Waals surface area contributed by atoms with Gasteiger partial charge in [0.1, 0.15) is 7.85 Å². The lowest BCUT2D eigenvalue weighted by Gasteiger charge is -2.23. The van der Waals surface area contributed by atoms with Crippen molar-refractivity contribution in [1.82, 2.24) is 0 Å². The molecule has 0 aromatic heterocycles. The molecular weight excluding hydrogens is 217 g/mol. The van der Waals surface area contributed by atoms with Gasteiger partial charge in [-0.05, 0) is 58.6 Å². The van der Waals surface area contributed by atoms with E-state index in [9.17, 15) is 0 Å². The lowest BCUT2D eigenvalue weighted by Crippen LogP contribution is -2.21. The highest BCUT2D eigenvalue weighted by molar-refractivity contribution is 6.34. The van der Waals surface area contributed by atoms with Crippen molar-refractivity contribution in [1.29, 1.82) is 0 Å². The molecule has 18 heavy (non-hydrogen) atoms. The number of hydrogen-bond acceptors (Lipinski definition) is 1. The average molecular weight is 245 g/mol. The molecule has 0 bridgehead atoms. The van der Waals surface area contributed by atoms with Crippen LogP contribution in [0.2, 0.25) is 0 Å². The van der Waals surface area contributed by atoms with Gasteiger partial charge in [0.05, 0.1) is 0 Å². The molecule has 0 atom stereocenters. The molecule has 0 unspecified atom stereocenters. The average Bonchev–Trinajstić information content (AvgIpc) is 2.32. The monoisotopic (exact) mass is 245 g/mol. The van der Waals surface area contributed by atoms with Crippen molar-refractivity contribution in [2.75, 3.05) is 5.32 Å². The summed E-state index contributed by atoms with van der Waals surface area (Å²) in [5.41, 5.74) is 8.74. The van der Waals surface area contributed by atoms with E-state index in [1.54, 1.807) is 0 Å². The van der Waals surface area contributed by atoms with Gasteiger partial charge < -0.3 is 5.32 Å². The zero-order valence-electron chi connectivity index (χ0n) is 13.2. The van der Waals surface area contributed by atoms with Crippen molar-refractivity contribution in [3.63, 3.8) is 0 Å². The number of anilines is 1. The molecule has 0 radical (unpaired) electrons. The van der Waals surface area contributed by atoms with E-state index < -0.39 is 0 Å². The van der Waals surface area contributed by atoms with Gasteiger partial charge in [0.25, 0.3) is 0 Å². The molecule has 100 valence electrons. The van der Waals surface area contributed by atoms with Gasteiger partial charge in [-0.1, -0.05) is 29.9 Å². The fraction of sp³-hybridized carbons (Fsp3) is 0.625. The molecule has 1 rings (SSSR count). The first kappa shape index (κ1) is 15.1. The molecule has 0 amide bonds. The van der Waals surface area contributed by atoms with Crippen molar-refractivity contribution >= 4 is 19.0 Å².